The molecule has 0 aromatic heterocycles. The fourth-order valence-electron chi connectivity index (χ4n) is 1.27. The zero-order valence-corrected chi connectivity index (χ0v) is 10.1. The Morgan fingerprint density at radius 3 is 2.62 bits per heavy atom. The maximum atomic E-state index is 11.5. The number of urea groups is 1. The number of nitrogens with zero attached hydrogens (tertiary/aromatic N) is 1. The molecule has 5 heteroatoms. The number of likely N-dealkylation sites (N-methyl/N-ethyl adjacent to an activating group) is 1. The first-order valence-corrected chi connectivity index (χ1v) is 5.91. The van der Waals surface area contributed by atoms with E-state index in [2.05, 4.69) is 17.6 Å². The third-order valence-corrected chi connectivity index (χ3v) is 2.59. The van der Waals surface area contributed by atoms with Crippen LogP contribution in [0, 0.1) is 0 Å². The zero-order valence-electron chi connectivity index (χ0n) is 10.1. The lowest BCUT2D eigenvalue weighted by atomic mass is 10.3. The van der Waals surface area contributed by atoms with E-state index in [1.807, 2.05) is 0 Å². The molecule has 0 heterocycles. The maximum absolute atomic E-state index is 11.5. The number of hydrogen-bond acceptors (Lipinski definition) is 2. The van der Waals surface area contributed by atoms with E-state index >= 15 is 0 Å². The first-order chi connectivity index (χ1) is 7.63. The molecule has 1 rings (SSSR count). The summed E-state index contributed by atoms with van der Waals surface area (Å²) in [5.41, 5.74) is 0. The van der Waals surface area contributed by atoms with Crippen molar-refractivity contribution in [2.24, 2.45) is 0 Å². The Bertz CT molecular complexity index is 252. The molecule has 0 radical (unpaired) electrons. The second-order valence-corrected chi connectivity index (χ2v) is 4.27. The second kappa shape index (κ2) is 6.35. The van der Waals surface area contributed by atoms with Gasteiger partial charge in [0.2, 0.25) is 5.91 Å². The van der Waals surface area contributed by atoms with E-state index in [0.29, 0.717) is 6.04 Å². The van der Waals surface area contributed by atoms with Gasteiger partial charge in [0.15, 0.2) is 0 Å². The number of rotatable bonds is 6. The Morgan fingerprint density at radius 1 is 1.38 bits per heavy atom. The summed E-state index contributed by atoms with van der Waals surface area (Å²) in [7, 11) is 1.76. The van der Waals surface area contributed by atoms with Crippen molar-refractivity contribution in [3.05, 3.63) is 0 Å². The van der Waals surface area contributed by atoms with Crippen LogP contribution >= 0.6 is 0 Å². The summed E-state index contributed by atoms with van der Waals surface area (Å²) in [6.07, 6.45) is 4.17. The van der Waals surface area contributed by atoms with Crippen molar-refractivity contribution in [3.63, 3.8) is 0 Å². The van der Waals surface area contributed by atoms with Crippen molar-refractivity contribution >= 4 is 11.9 Å². The van der Waals surface area contributed by atoms with Crippen molar-refractivity contribution in [2.45, 2.75) is 38.6 Å². The largest absolute Gasteiger partial charge is 0.344 e. The SMILES string of the molecule is CCCCN(C)C(=O)CNC(=O)NC1CC1. The summed E-state index contributed by atoms with van der Waals surface area (Å²) >= 11 is 0. The molecule has 0 spiro atoms. The third kappa shape index (κ3) is 5.00. The smallest absolute Gasteiger partial charge is 0.315 e. The first kappa shape index (κ1) is 12.8. The van der Waals surface area contributed by atoms with Crippen LogP contribution in [0.1, 0.15) is 32.6 Å². The molecule has 0 unspecified atom stereocenters. The minimum Gasteiger partial charge on any atom is -0.344 e. The van der Waals surface area contributed by atoms with Crippen LogP contribution in [0.2, 0.25) is 0 Å². The molecule has 92 valence electrons. The van der Waals surface area contributed by atoms with Crippen LogP contribution in [-0.4, -0.2) is 43.0 Å². The normalized spacial score (nSPS) is 14.4. The highest BCUT2D eigenvalue weighted by atomic mass is 16.2. The highest BCUT2D eigenvalue weighted by Crippen LogP contribution is 2.18. The van der Waals surface area contributed by atoms with Gasteiger partial charge in [-0.25, -0.2) is 4.79 Å². The lowest BCUT2D eigenvalue weighted by Gasteiger charge is -2.17. The molecular weight excluding hydrogens is 206 g/mol. The fraction of sp³-hybridized carbons (Fsp3) is 0.818. The van der Waals surface area contributed by atoms with Gasteiger partial charge in [0.25, 0.3) is 0 Å². The molecule has 1 fully saturated rings. The zero-order chi connectivity index (χ0) is 12.0. The molecule has 2 N–H and O–H groups in total. The number of nitrogens with one attached hydrogen (secondary N) is 2. The fourth-order valence-corrected chi connectivity index (χ4v) is 1.27. The molecule has 1 aliphatic carbocycles. The van der Waals surface area contributed by atoms with Crippen LogP contribution in [0.25, 0.3) is 0 Å². The summed E-state index contributed by atoms with van der Waals surface area (Å²) in [6.45, 7) is 2.92. The number of hydrogen-bond donors (Lipinski definition) is 2. The van der Waals surface area contributed by atoms with Crippen LogP contribution in [0.15, 0.2) is 0 Å². The van der Waals surface area contributed by atoms with Gasteiger partial charge in [-0.2, -0.15) is 0 Å². The Labute approximate surface area is 96.6 Å². The molecule has 0 aliphatic heterocycles. The molecule has 0 aromatic carbocycles. The van der Waals surface area contributed by atoms with Crippen molar-refractivity contribution < 1.29 is 9.59 Å². The van der Waals surface area contributed by atoms with Crippen molar-refractivity contribution in [1.82, 2.24) is 15.5 Å². The predicted molar refractivity (Wildman–Crippen MR) is 62.1 cm³/mol. The van der Waals surface area contributed by atoms with Crippen LogP contribution in [0.5, 0.6) is 0 Å². The van der Waals surface area contributed by atoms with E-state index < -0.39 is 0 Å². The summed E-state index contributed by atoms with van der Waals surface area (Å²) in [4.78, 5) is 24.4. The van der Waals surface area contributed by atoms with Crippen LogP contribution in [0.3, 0.4) is 0 Å². The Kier molecular flexibility index (Phi) is 5.08. The summed E-state index contributed by atoms with van der Waals surface area (Å²) in [5, 5.41) is 5.34. The van der Waals surface area contributed by atoms with E-state index in [0.717, 1.165) is 32.2 Å². The molecule has 0 bridgehead atoms. The molecule has 1 aliphatic rings. The average molecular weight is 227 g/mol. The van der Waals surface area contributed by atoms with Crippen molar-refractivity contribution in [1.29, 1.82) is 0 Å². The second-order valence-electron chi connectivity index (χ2n) is 4.27. The third-order valence-electron chi connectivity index (χ3n) is 2.59. The summed E-state index contributed by atoms with van der Waals surface area (Å²) < 4.78 is 0. The van der Waals surface area contributed by atoms with Crippen LogP contribution in [-0.2, 0) is 4.79 Å². The molecular formula is C11H21N3O2. The maximum Gasteiger partial charge on any atom is 0.315 e. The predicted octanol–water partition coefficient (Wildman–Crippen LogP) is 0.707. The van der Waals surface area contributed by atoms with Gasteiger partial charge in [0.1, 0.15) is 0 Å². The minimum atomic E-state index is -0.236. The Hall–Kier alpha value is -1.26. The van der Waals surface area contributed by atoms with Gasteiger partial charge in [-0.05, 0) is 19.3 Å². The van der Waals surface area contributed by atoms with E-state index in [1.54, 1.807) is 11.9 Å². The van der Waals surface area contributed by atoms with E-state index in [1.165, 1.54) is 0 Å². The van der Waals surface area contributed by atoms with Gasteiger partial charge in [0, 0.05) is 19.6 Å². The van der Waals surface area contributed by atoms with Gasteiger partial charge in [-0.3, -0.25) is 4.79 Å². The Balaban J connectivity index is 2.09. The average Bonchev–Trinajstić information content (AvgIpc) is 3.06. The topological polar surface area (TPSA) is 61.4 Å². The quantitative estimate of drug-likeness (QED) is 0.702. The monoisotopic (exact) mass is 227 g/mol. The first-order valence-electron chi connectivity index (χ1n) is 5.91. The molecule has 1 saturated carbocycles. The van der Waals surface area contributed by atoms with Crippen LogP contribution < -0.4 is 10.6 Å². The van der Waals surface area contributed by atoms with E-state index in [4.69, 9.17) is 0 Å². The number of carbonyl (C=O) groups excluding carboxylic acids is 2. The van der Waals surface area contributed by atoms with Crippen molar-refractivity contribution in [2.75, 3.05) is 20.1 Å². The van der Waals surface area contributed by atoms with Crippen LogP contribution in [0.4, 0.5) is 4.79 Å². The number of carbonyl (C=O) groups is 2. The summed E-state index contributed by atoms with van der Waals surface area (Å²) in [6, 6.07) is 0.0904. The lowest BCUT2D eigenvalue weighted by molar-refractivity contribution is -0.128. The number of unbranched alkanes of at least 4 members (excludes halogenated alkanes) is 1. The molecule has 16 heavy (non-hydrogen) atoms. The van der Waals surface area contributed by atoms with Crippen molar-refractivity contribution in [3.8, 4) is 0 Å². The Morgan fingerprint density at radius 2 is 2.06 bits per heavy atom. The molecule has 0 atom stereocenters. The summed E-state index contributed by atoms with van der Waals surface area (Å²) in [5.74, 6) is -0.0422. The molecule has 3 amide bonds. The highest BCUT2D eigenvalue weighted by molar-refractivity contribution is 5.84. The lowest BCUT2D eigenvalue weighted by Crippen LogP contribution is -2.43. The minimum absolute atomic E-state index is 0.0422. The highest BCUT2D eigenvalue weighted by Gasteiger charge is 2.23. The number of amides is 3. The molecule has 0 saturated heterocycles. The van der Waals surface area contributed by atoms with Gasteiger partial charge in [-0.15, -0.1) is 0 Å². The van der Waals surface area contributed by atoms with Gasteiger partial charge in [0.05, 0.1) is 6.54 Å². The standard InChI is InChI=1S/C11H21N3O2/c1-3-4-7-14(2)10(15)8-12-11(16)13-9-5-6-9/h9H,3-8H2,1-2H3,(H2,12,13,16). The van der Waals surface area contributed by atoms with E-state index in [9.17, 15) is 9.59 Å². The van der Waals surface area contributed by atoms with Gasteiger partial charge in [-0.1, -0.05) is 13.3 Å². The van der Waals surface area contributed by atoms with E-state index in [-0.39, 0.29) is 18.5 Å². The molecule has 5 nitrogen and oxygen atoms in total. The molecule has 0 aromatic rings. The van der Waals surface area contributed by atoms with Gasteiger partial charge >= 0.3 is 6.03 Å². The van der Waals surface area contributed by atoms with Gasteiger partial charge < -0.3 is 15.5 Å².